The molecule has 1 amide bonds. The Balaban J connectivity index is 1.84. The number of hydrogen-bond donors (Lipinski definition) is 1. The van der Waals surface area contributed by atoms with Crippen LogP contribution in [-0.4, -0.2) is 40.3 Å². The van der Waals surface area contributed by atoms with Crippen LogP contribution in [0.5, 0.6) is 0 Å². The summed E-state index contributed by atoms with van der Waals surface area (Å²) in [5.41, 5.74) is 2.72. The van der Waals surface area contributed by atoms with Gasteiger partial charge in [-0.2, -0.15) is 0 Å². The number of nitrogens with zero attached hydrogens (tertiary/aromatic N) is 1. The Labute approximate surface area is 142 Å². The molecule has 0 saturated carbocycles. The first-order valence-electron chi connectivity index (χ1n) is 8.44. The molecule has 0 aliphatic carbocycles. The van der Waals surface area contributed by atoms with Gasteiger partial charge in [0.15, 0.2) is 0 Å². The third kappa shape index (κ3) is 3.40. The number of para-hydroxylation sites is 1. The molecular formula is C19H25FN2O2. The number of amides is 1. The van der Waals surface area contributed by atoms with Crippen LogP contribution in [0.1, 0.15) is 38.4 Å². The van der Waals surface area contributed by atoms with Crippen molar-refractivity contribution >= 4 is 17.0 Å². The van der Waals surface area contributed by atoms with Gasteiger partial charge in [-0.3, -0.25) is 0 Å². The number of aryl methyl sites for hydroxylation is 1. The number of alkyl halides is 1. The summed E-state index contributed by atoms with van der Waals surface area (Å²) in [7, 11) is 0. The molecule has 5 heteroatoms. The Morgan fingerprint density at radius 1 is 1.38 bits per heavy atom. The zero-order valence-corrected chi connectivity index (χ0v) is 14.7. The highest BCUT2D eigenvalue weighted by molar-refractivity contribution is 5.84. The molecule has 130 valence electrons. The fraction of sp³-hybridized carbons (Fsp3) is 0.526. The lowest BCUT2D eigenvalue weighted by atomic mass is 10.0. The Morgan fingerprint density at radius 3 is 2.79 bits per heavy atom. The van der Waals surface area contributed by atoms with E-state index in [4.69, 9.17) is 4.74 Å². The number of carbonyl (C=O) groups excluding carboxylic acids is 1. The van der Waals surface area contributed by atoms with Gasteiger partial charge in [0.25, 0.3) is 0 Å². The Bertz CT molecular complexity index is 747. The van der Waals surface area contributed by atoms with E-state index >= 15 is 0 Å². The van der Waals surface area contributed by atoms with Crippen LogP contribution in [0.25, 0.3) is 10.9 Å². The quantitative estimate of drug-likeness (QED) is 0.888. The summed E-state index contributed by atoms with van der Waals surface area (Å²) in [5, 5.41) is 1.14. The molecule has 1 aliphatic rings. The minimum absolute atomic E-state index is 0.112. The number of hydrogen-bond acceptors (Lipinski definition) is 2. The van der Waals surface area contributed by atoms with E-state index in [-0.39, 0.29) is 12.6 Å². The van der Waals surface area contributed by atoms with E-state index in [2.05, 4.69) is 11.1 Å². The third-order valence-electron chi connectivity index (χ3n) is 4.46. The van der Waals surface area contributed by atoms with Crippen LogP contribution in [0.4, 0.5) is 9.18 Å². The molecule has 1 fully saturated rings. The Morgan fingerprint density at radius 2 is 2.08 bits per heavy atom. The molecule has 1 aromatic carbocycles. The highest BCUT2D eigenvalue weighted by atomic mass is 19.1. The molecule has 24 heavy (non-hydrogen) atoms. The van der Waals surface area contributed by atoms with Gasteiger partial charge in [0, 0.05) is 29.1 Å². The van der Waals surface area contributed by atoms with Crippen LogP contribution in [0, 0.1) is 6.92 Å². The molecule has 1 aliphatic heterocycles. The number of aromatic nitrogens is 1. The van der Waals surface area contributed by atoms with E-state index in [9.17, 15) is 9.18 Å². The molecule has 1 unspecified atom stereocenters. The van der Waals surface area contributed by atoms with Crippen LogP contribution in [0.15, 0.2) is 24.3 Å². The fourth-order valence-corrected chi connectivity index (χ4v) is 3.43. The lowest BCUT2D eigenvalue weighted by molar-refractivity contribution is 0.0219. The van der Waals surface area contributed by atoms with Crippen molar-refractivity contribution < 1.29 is 13.9 Å². The van der Waals surface area contributed by atoms with Crippen LogP contribution in [-0.2, 0) is 11.2 Å². The van der Waals surface area contributed by atoms with Gasteiger partial charge in [-0.25, -0.2) is 9.18 Å². The second-order valence-electron chi connectivity index (χ2n) is 7.60. The number of likely N-dealkylation sites (tertiary alicyclic amines) is 1. The Kier molecular flexibility index (Phi) is 4.28. The fourth-order valence-electron chi connectivity index (χ4n) is 3.43. The summed E-state index contributed by atoms with van der Waals surface area (Å²) in [6.45, 7) is 7.61. The molecule has 1 aromatic heterocycles. The number of nitrogens with one attached hydrogen (secondary N) is 1. The van der Waals surface area contributed by atoms with E-state index in [0.717, 1.165) is 22.2 Å². The first kappa shape index (κ1) is 16.8. The van der Waals surface area contributed by atoms with Crippen molar-refractivity contribution in [3.8, 4) is 0 Å². The number of fused-ring (bicyclic) bond motifs is 1. The zero-order valence-electron chi connectivity index (χ0n) is 14.7. The topological polar surface area (TPSA) is 45.3 Å². The average molecular weight is 332 g/mol. The average Bonchev–Trinajstić information content (AvgIpc) is 2.99. The van der Waals surface area contributed by atoms with Gasteiger partial charge in [0.05, 0.1) is 6.54 Å². The number of rotatable bonds is 2. The number of halogens is 1. The van der Waals surface area contributed by atoms with Crippen LogP contribution in [0.2, 0.25) is 0 Å². The molecular weight excluding hydrogens is 307 g/mol. The first-order chi connectivity index (χ1) is 11.2. The number of ether oxygens (including phenoxy) is 1. The molecule has 4 nitrogen and oxygen atoms in total. The summed E-state index contributed by atoms with van der Waals surface area (Å²) in [6.07, 6.45) is -0.425. The van der Waals surface area contributed by atoms with Crippen LogP contribution < -0.4 is 0 Å². The van der Waals surface area contributed by atoms with Crippen molar-refractivity contribution in [3.05, 3.63) is 35.5 Å². The standard InChI is InChI=1S/C19H25FN2O2/c1-12-16(15-7-5-6-8-17(15)21-12)10-14-9-13(20)11-22(14)18(23)24-19(2,3)4/h5-8,13-14,21H,9-11H2,1-4H3/t13-,14?/m0/s1. The van der Waals surface area contributed by atoms with Crippen molar-refractivity contribution in [1.29, 1.82) is 0 Å². The summed E-state index contributed by atoms with van der Waals surface area (Å²) in [5.74, 6) is 0. The van der Waals surface area contributed by atoms with E-state index in [1.807, 2.05) is 45.9 Å². The minimum atomic E-state index is -0.993. The van der Waals surface area contributed by atoms with Gasteiger partial charge >= 0.3 is 6.09 Å². The Hall–Kier alpha value is -2.04. The normalized spacial score (nSPS) is 21.5. The predicted octanol–water partition coefficient (Wildman–Crippen LogP) is 4.37. The second-order valence-corrected chi connectivity index (χ2v) is 7.60. The van der Waals surface area contributed by atoms with E-state index in [1.54, 1.807) is 4.90 Å². The largest absolute Gasteiger partial charge is 0.444 e. The molecule has 0 radical (unpaired) electrons. The summed E-state index contributed by atoms with van der Waals surface area (Å²) in [6, 6.07) is 7.91. The third-order valence-corrected chi connectivity index (χ3v) is 4.46. The number of benzene rings is 1. The lowest BCUT2D eigenvalue weighted by Gasteiger charge is -2.28. The first-order valence-corrected chi connectivity index (χ1v) is 8.44. The van der Waals surface area contributed by atoms with Crippen LogP contribution >= 0.6 is 0 Å². The van der Waals surface area contributed by atoms with Gasteiger partial charge in [0.1, 0.15) is 11.8 Å². The van der Waals surface area contributed by atoms with Gasteiger partial charge in [-0.05, 0) is 45.7 Å². The number of aromatic amines is 1. The van der Waals surface area contributed by atoms with Gasteiger partial charge < -0.3 is 14.6 Å². The highest BCUT2D eigenvalue weighted by Crippen LogP contribution is 2.30. The van der Waals surface area contributed by atoms with Crippen LogP contribution in [0.3, 0.4) is 0 Å². The molecule has 1 saturated heterocycles. The summed E-state index contributed by atoms with van der Waals surface area (Å²) in [4.78, 5) is 17.3. The lowest BCUT2D eigenvalue weighted by Crippen LogP contribution is -2.41. The number of carbonyl (C=O) groups is 1. The van der Waals surface area contributed by atoms with Crippen molar-refractivity contribution in [2.45, 2.75) is 58.4 Å². The van der Waals surface area contributed by atoms with Crippen molar-refractivity contribution in [3.63, 3.8) is 0 Å². The minimum Gasteiger partial charge on any atom is -0.444 e. The molecule has 2 heterocycles. The maximum absolute atomic E-state index is 14.0. The SMILES string of the molecule is Cc1[nH]c2ccccc2c1CC1C[C@H](F)CN1C(=O)OC(C)(C)C. The molecule has 2 atom stereocenters. The maximum Gasteiger partial charge on any atom is 0.410 e. The van der Waals surface area contributed by atoms with Crippen molar-refractivity contribution in [2.24, 2.45) is 0 Å². The van der Waals surface area contributed by atoms with Gasteiger partial charge in [-0.15, -0.1) is 0 Å². The molecule has 0 bridgehead atoms. The van der Waals surface area contributed by atoms with E-state index in [0.29, 0.717) is 12.8 Å². The predicted molar refractivity (Wildman–Crippen MR) is 93.0 cm³/mol. The summed E-state index contributed by atoms with van der Waals surface area (Å²) >= 11 is 0. The number of H-pyrrole nitrogens is 1. The van der Waals surface area contributed by atoms with E-state index in [1.165, 1.54) is 0 Å². The van der Waals surface area contributed by atoms with E-state index < -0.39 is 17.9 Å². The molecule has 0 spiro atoms. The van der Waals surface area contributed by atoms with Crippen molar-refractivity contribution in [2.75, 3.05) is 6.54 Å². The highest BCUT2D eigenvalue weighted by Gasteiger charge is 2.38. The molecule has 2 aromatic rings. The van der Waals surface area contributed by atoms with Gasteiger partial charge in [-0.1, -0.05) is 18.2 Å². The second kappa shape index (κ2) is 6.11. The molecule has 1 N–H and O–H groups in total. The zero-order chi connectivity index (χ0) is 17.5. The van der Waals surface area contributed by atoms with Gasteiger partial charge in [0.2, 0.25) is 0 Å². The smallest absolute Gasteiger partial charge is 0.410 e. The maximum atomic E-state index is 14.0. The van der Waals surface area contributed by atoms with Crippen molar-refractivity contribution in [1.82, 2.24) is 9.88 Å². The summed E-state index contributed by atoms with van der Waals surface area (Å²) < 4.78 is 19.5. The monoisotopic (exact) mass is 332 g/mol. The molecule has 3 rings (SSSR count).